The molecule has 0 bridgehead atoms. The summed E-state index contributed by atoms with van der Waals surface area (Å²) in [5.74, 6) is 7.14. The molecule has 0 unspecified atom stereocenters. The maximum Gasteiger partial charge on any atom is 0.0184 e. The second kappa shape index (κ2) is 12.3. The van der Waals surface area contributed by atoms with Crippen LogP contribution < -0.4 is 0 Å². The number of benzene rings is 2. The predicted molar refractivity (Wildman–Crippen MR) is 123 cm³/mol. The van der Waals surface area contributed by atoms with E-state index in [9.17, 15) is 0 Å². The lowest BCUT2D eigenvalue weighted by Gasteiger charge is -2.04. The Morgan fingerprint density at radius 2 is 0.920 bits per heavy atom. The number of hydrogen-bond donors (Lipinski definition) is 0. The fraction of sp³-hybridized carbons (Fsp3) is 0.273. The van der Waals surface area contributed by atoms with Crippen molar-refractivity contribution in [2.75, 3.05) is 23.0 Å². The number of rotatable bonds is 12. The van der Waals surface area contributed by atoms with Gasteiger partial charge in [0, 0.05) is 34.5 Å². The molecule has 0 N–H and O–H groups in total. The van der Waals surface area contributed by atoms with Gasteiger partial charge in [-0.2, -0.15) is 35.3 Å². The first-order chi connectivity index (χ1) is 12.3. The average molecular weight is 387 g/mol. The molecule has 25 heavy (non-hydrogen) atoms. The van der Waals surface area contributed by atoms with Crippen molar-refractivity contribution < 1.29 is 0 Å². The van der Waals surface area contributed by atoms with Gasteiger partial charge < -0.3 is 0 Å². The van der Waals surface area contributed by atoms with Crippen molar-refractivity contribution in [2.24, 2.45) is 0 Å². The van der Waals surface area contributed by atoms with Gasteiger partial charge in [-0.15, -0.1) is 0 Å². The number of thioether (sulfide) groups is 3. The van der Waals surface area contributed by atoms with Gasteiger partial charge in [0.15, 0.2) is 0 Å². The zero-order valence-corrected chi connectivity index (χ0v) is 17.1. The Hall–Kier alpha value is -1.03. The van der Waals surface area contributed by atoms with Crippen LogP contribution in [-0.2, 0) is 11.5 Å². The molecule has 0 saturated heterocycles. The van der Waals surface area contributed by atoms with Crippen LogP contribution in [0.15, 0.2) is 61.7 Å². The van der Waals surface area contributed by atoms with Crippen molar-refractivity contribution >= 4 is 47.4 Å². The van der Waals surface area contributed by atoms with Gasteiger partial charge in [-0.1, -0.05) is 73.8 Å². The Morgan fingerprint density at radius 3 is 1.28 bits per heavy atom. The second-order valence-electron chi connectivity index (χ2n) is 5.61. The fourth-order valence-electron chi connectivity index (χ4n) is 2.22. The van der Waals surface area contributed by atoms with E-state index in [1.807, 2.05) is 35.7 Å². The van der Waals surface area contributed by atoms with Gasteiger partial charge in [0.1, 0.15) is 0 Å². The minimum Gasteiger partial charge on any atom is -0.160 e. The van der Waals surface area contributed by atoms with Crippen molar-refractivity contribution in [3.63, 3.8) is 0 Å². The molecule has 132 valence electrons. The van der Waals surface area contributed by atoms with Crippen molar-refractivity contribution in [3.8, 4) is 0 Å². The Kier molecular flexibility index (Phi) is 10.0. The van der Waals surface area contributed by atoms with Crippen molar-refractivity contribution in [2.45, 2.75) is 11.5 Å². The molecule has 0 saturated carbocycles. The predicted octanol–water partition coefficient (Wildman–Crippen LogP) is 6.87. The summed E-state index contributed by atoms with van der Waals surface area (Å²) in [6, 6.07) is 17.4. The molecular formula is C22H26S3. The molecule has 0 aliphatic carbocycles. The lowest BCUT2D eigenvalue weighted by atomic mass is 10.1. The van der Waals surface area contributed by atoms with Crippen LogP contribution in [0.5, 0.6) is 0 Å². The van der Waals surface area contributed by atoms with E-state index in [2.05, 4.69) is 73.5 Å². The van der Waals surface area contributed by atoms with Crippen LogP contribution in [0.1, 0.15) is 22.3 Å². The largest absolute Gasteiger partial charge is 0.160 e. The Balaban J connectivity index is 1.46. The van der Waals surface area contributed by atoms with E-state index in [1.54, 1.807) is 0 Å². The molecule has 3 heteroatoms. The van der Waals surface area contributed by atoms with Gasteiger partial charge in [-0.3, -0.25) is 0 Å². The van der Waals surface area contributed by atoms with Gasteiger partial charge in [-0.05, 0) is 22.3 Å². The van der Waals surface area contributed by atoms with Gasteiger partial charge >= 0.3 is 0 Å². The highest BCUT2D eigenvalue weighted by atomic mass is 32.2. The summed E-state index contributed by atoms with van der Waals surface area (Å²) in [6.45, 7) is 7.58. The SMILES string of the molecule is C=Cc1ccc(CSCCSCCSCc2ccc(C=C)cc2)cc1. The monoisotopic (exact) mass is 386 g/mol. The van der Waals surface area contributed by atoms with Gasteiger partial charge in [-0.25, -0.2) is 0 Å². The van der Waals surface area contributed by atoms with Gasteiger partial charge in [0.25, 0.3) is 0 Å². The minimum absolute atomic E-state index is 1.10. The second-order valence-corrected chi connectivity index (χ2v) is 9.04. The molecule has 2 aromatic rings. The lowest BCUT2D eigenvalue weighted by molar-refractivity contribution is 1.38. The summed E-state index contributed by atoms with van der Waals surface area (Å²) >= 11 is 6.11. The molecule has 0 heterocycles. The van der Waals surface area contributed by atoms with Crippen molar-refractivity contribution in [1.82, 2.24) is 0 Å². The maximum atomic E-state index is 3.79. The summed E-state index contributed by atoms with van der Waals surface area (Å²) < 4.78 is 0. The topological polar surface area (TPSA) is 0 Å². The smallest absolute Gasteiger partial charge is 0.0184 e. The first kappa shape index (κ1) is 20.3. The molecule has 0 aliphatic heterocycles. The first-order valence-electron chi connectivity index (χ1n) is 8.48. The summed E-state index contributed by atoms with van der Waals surface area (Å²) in [5.41, 5.74) is 5.19. The van der Waals surface area contributed by atoms with Gasteiger partial charge in [0.2, 0.25) is 0 Å². The Morgan fingerprint density at radius 1 is 0.560 bits per heavy atom. The molecule has 0 atom stereocenters. The normalized spacial score (nSPS) is 10.6. The third-order valence-corrected chi connectivity index (χ3v) is 7.28. The van der Waals surface area contributed by atoms with E-state index in [0.29, 0.717) is 0 Å². The molecule has 0 aliphatic rings. The van der Waals surface area contributed by atoms with E-state index in [-0.39, 0.29) is 0 Å². The van der Waals surface area contributed by atoms with Crippen LogP contribution in [0.4, 0.5) is 0 Å². The van der Waals surface area contributed by atoms with E-state index in [0.717, 1.165) is 11.5 Å². The summed E-state index contributed by atoms with van der Waals surface area (Å²) in [7, 11) is 0. The molecule has 0 spiro atoms. The van der Waals surface area contributed by atoms with E-state index >= 15 is 0 Å². The maximum absolute atomic E-state index is 3.79. The number of hydrogen-bond acceptors (Lipinski definition) is 3. The first-order valence-corrected chi connectivity index (χ1v) is 11.9. The minimum atomic E-state index is 1.10. The van der Waals surface area contributed by atoms with Crippen LogP contribution in [0.2, 0.25) is 0 Å². The standard InChI is InChI=1S/C22H26S3/c1-3-19-5-9-21(10-6-19)17-24-15-13-23-14-16-25-18-22-11-7-20(4-2)8-12-22/h3-12H,1-2,13-18H2. The van der Waals surface area contributed by atoms with Crippen LogP contribution in [-0.4, -0.2) is 23.0 Å². The molecule has 0 fully saturated rings. The zero-order chi connectivity index (χ0) is 17.7. The Bertz CT molecular complexity index is 572. The molecule has 0 amide bonds. The highest BCUT2D eigenvalue weighted by molar-refractivity contribution is 8.04. The van der Waals surface area contributed by atoms with Crippen LogP contribution in [0.25, 0.3) is 12.2 Å². The molecule has 0 aromatic heterocycles. The highest BCUT2D eigenvalue weighted by Gasteiger charge is 1.97. The quantitative estimate of drug-likeness (QED) is 0.365. The third kappa shape index (κ3) is 8.26. The van der Waals surface area contributed by atoms with Crippen LogP contribution >= 0.6 is 35.3 Å². The van der Waals surface area contributed by atoms with Gasteiger partial charge in [0.05, 0.1) is 0 Å². The van der Waals surface area contributed by atoms with E-state index < -0.39 is 0 Å². The van der Waals surface area contributed by atoms with Crippen molar-refractivity contribution in [1.29, 1.82) is 0 Å². The highest BCUT2D eigenvalue weighted by Crippen LogP contribution is 2.18. The molecule has 2 aromatic carbocycles. The fourth-order valence-corrected chi connectivity index (χ4v) is 5.45. The van der Waals surface area contributed by atoms with Crippen LogP contribution in [0, 0.1) is 0 Å². The average Bonchev–Trinajstić information content (AvgIpc) is 2.67. The summed E-state index contributed by atoms with van der Waals surface area (Å²) in [4.78, 5) is 0. The summed E-state index contributed by atoms with van der Waals surface area (Å²) in [5, 5.41) is 0. The zero-order valence-electron chi connectivity index (χ0n) is 14.7. The summed E-state index contributed by atoms with van der Waals surface area (Å²) in [6.07, 6.45) is 3.78. The molecule has 0 radical (unpaired) electrons. The van der Waals surface area contributed by atoms with E-state index in [1.165, 1.54) is 45.3 Å². The molecular weight excluding hydrogens is 360 g/mol. The lowest BCUT2D eigenvalue weighted by Crippen LogP contribution is -1.91. The van der Waals surface area contributed by atoms with Crippen LogP contribution in [0.3, 0.4) is 0 Å². The Labute approximate surface area is 165 Å². The van der Waals surface area contributed by atoms with E-state index in [4.69, 9.17) is 0 Å². The molecule has 0 nitrogen and oxygen atoms in total. The van der Waals surface area contributed by atoms with Crippen molar-refractivity contribution in [3.05, 3.63) is 83.9 Å². The third-order valence-electron chi connectivity index (χ3n) is 3.71. The molecule has 2 rings (SSSR count).